The van der Waals surface area contributed by atoms with E-state index in [1.165, 1.54) is 0 Å². The third-order valence-electron chi connectivity index (χ3n) is 0. The number of rotatable bonds is 0. The molecule has 0 fully saturated rings. The zero-order chi connectivity index (χ0) is 0. The maximum absolute atomic E-state index is 0. The van der Waals surface area contributed by atoms with E-state index in [1.807, 2.05) is 0 Å². The summed E-state index contributed by atoms with van der Waals surface area (Å²) in [6, 6.07) is 0. The minimum Gasteiger partial charge on any atom is -1.00 e. The second-order valence-electron chi connectivity index (χ2n) is 0. The molecular weight excluding hydrogens is 423 g/mol. The van der Waals surface area contributed by atoms with Crippen molar-refractivity contribution in [2.45, 2.75) is 0 Å². The molecule has 0 aromatic carbocycles. The average molecular weight is 428 g/mol. The van der Waals surface area contributed by atoms with Crippen molar-refractivity contribution in [2.75, 3.05) is 0 Å². The van der Waals surface area contributed by atoms with Gasteiger partial charge in [-0.15, -0.1) is 62.0 Å². The Morgan fingerprint density at radius 1 is 0.333 bits per heavy atom. The van der Waals surface area contributed by atoms with Gasteiger partial charge in [0.1, 0.15) is 0 Å². The maximum Gasteiger partial charge on any atom is 3.00 e. The Balaban J connectivity index is 0. The molecule has 0 radical (unpaired) electrons. The van der Waals surface area contributed by atoms with Crippen LogP contribution >= 0.6 is 62.0 Å². The fourth-order valence-corrected chi connectivity index (χ4v) is 0. The van der Waals surface area contributed by atoms with Gasteiger partial charge < -0.3 is 37.2 Å². The predicted octanol–water partition coefficient (Wildman–Crippen LogP) is -6.88. The van der Waals surface area contributed by atoms with Crippen LogP contribution in [0.2, 0.25) is 0 Å². The van der Waals surface area contributed by atoms with Gasteiger partial charge in [-0.1, -0.05) is 0 Å². The summed E-state index contributed by atoms with van der Waals surface area (Å²) in [7, 11) is 0. The van der Waals surface area contributed by atoms with Gasteiger partial charge in [-0.05, 0) is 0 Å². The van der Waals surface area contributed by atoms with Gasteiger partial charge in [0.15, 0.2) is 0 Å². The van der Waals surface area contributed by atoms with Crippen LogP contribution < -0.4 is 37.2 Å². The molecule has 0 rings (SSSR count). The maximum atomic E-state index is 0. The number of hydrogen-bond acceptors (Lipinski definition) is 0. The SMILES string of the molecule is Cl.Cl.Cl.Cl.Cl.[Cl-].[Cl-].[Cl-].[La+3]. The van der Waals surface area contributed by atoms with E-state index in [4.69, 9.17) is 0 Å². The van der Waals surface area contributed by atoms with E-state index in [1.54, 1.807) is 0 Å². The summed E-state index contributed by atoms with van der Waals surface area (Å²) in [5.74, 6) is 0. The van der Waals surface area contributed by atoms with Crippen LogP contribution in [0, 0.1) is 35.6 Å². The summed E-state index contributed by atoms with van der Waals surface area (Å²) in [5.41, 5.74) is 0. The van der Waals surface area contributed by atoms with Crippen molar-refractivity contribution < 1.29 is 72.8 Å². The Kier molecular flexibility index (Phi) is 1540. The summed E-state index contributed by atoms with van der Waals surface area (Å²) in [6.45, 7) is 0. The van der Waals surface area contributed by atoms with Crippen molar-refractivity contribution in [3.63, 3.8) is 0 Å². The van der Waals surface area contributed by atoms with Crippen LogP contribution in [0.5, 0.6) is 0 Å². The van der Waals surface area contributed by atoms with Gasteiger partial charge in [0, 0.05) is 0 Å². The van der Waals surface area contributed by atoms with Gasteiger partial charge in [0.25, 0.3) is 0 Å². The minimum absolute atomic E-state index is 0. The molecule has 0 aromatic rings. The molecule has 0 bridgehead atoms. The Labute approximate surface area is 133 Å². The zero-order valence-electron chi connectivity index (χ0n) is 3.75. The number of halogens is 8. The molecule has 0 amide bonds. The average Bonchev–Trinajstić information content (AvgIpc) is 0. The largest absolute Gasteiger partial charge is 3.00 e. The van der Waals surface area contributed by atoms with Crippen LogP contribution in [0.1, 0.15) is 0 Å². The molecule has 64 valence electrons. The third kappa shape index (κ3) is 84.4. The Hall–Kier alpha value is 3.51. The van der Waals surface area contributed by atoms with Gasteiger partial charge in [-0.2, -0.15) is 0 Å². The molecule has 0 saturated carbocycles. The van der Waals surface area contributed by atoms with Crippen molar-refractivity contribution in [1.29, 1.82) is 0 Å². The molecular formula is H5Cl8La. The Morgan fingerprint density at radius 2 is 0.333 bits per heavy atom. The molecule has 0 aliphatic carbocycles. The molecule has 0 aliphatic rings. The second kappa shape index (κ2) is 103. The van der Waals surface area contributed by atoms with E-state index in [2.05, 4.69) is 0 Å². The van der Waals surface area contributed by atoms with E-state index in [0.29, 0.717) is 0 Å². The summed E-state index contributed by atoms with van der Waals surface area (Å²) in [4.78, 5) is 0. The predicted molar refractivity (Wildman–Crippen MR) is 36.2 cm³/mol. The van der Waals surface area contributed by atoms with Crippen molar-refractivity contribution >= 4 is 62.0 Å². The molecule has 0 aliphatic heterocycles. The Bertz CT molecular complexity index is 4.53. The van der Waals surface area contributed by atoms with Crippen molar-refractivity contribution in [3.05, 3.63) is 0 Å². The van der Waals surface area contributed by atoms with Crippen molar-refractivity contribution in [3.8, 4) is 0 Å². The third-order valence-corrected chi connectivity index (χ3v) is 0. The fraction of sp³-hybridized carbons (Fsp3) is 0. The van der Waals surface area contributed by atoms with E-state index in [-0.39, 0.29) is 135 Å². The van der Waals surface area contributed by atoms with Gasteiger partial charge in [0.2, 0.25) is 0 Å². The fourth-order valence-electron chi connectivity index (χ4n) is 0. The molecule has 0 atom stereocenters. The van der Waals surface area contributed by atoms with Gasteiger partial charge in [0.05, 0.1) is 0 Å². The topological polar surface area (TPSA) is 0 Å². The van der Waals surface area contributed by atoms with Crippen LogP contribution in [0.15, 0.2) is 0 Å². The first-order valence-corrected chi connectivity index (χ1v) is 0. The van der Waals surface area contributed by atoms with Crippen LogP contribution in [-0.2, 0) is 0 Å². The molecule has 0 aromatic heterocycles. The molecule has 9 heavy (non-hydrogen) atoms. The van der Waals surface area contributed by atoms with E-state index >= 15 is 0 Å². The van der Waals surface area contributed by atoms with Crippen LogP contribution in [0.25, 0.3) is 0 Å². The van der Waals surface area contributed by atoms with Crippen molar-refractivity contribution in [1.82, 2.24) is 0 Å². The second-order valence-corrected chi connectivity index (χ2v) is 0. The first-order chi connectivity index (χ1) is 0. The Morgan fingerprint density at radius 3 is 0.333 bits per heavy atom. The summed E-state index contributed by atoms with van der Waals surface area (Å²) in [6.07, 6.45) is 0. The van der Waals surface area contributed by atoms with E-state index < -0.39 is 0 Å². The molecule has 0 unspecified atom stereocenters. The van der Waals surface area contributed by atoms with Crippen LogP contribution in [0.4, 0.5) is 0 Å². The molecule has 0 spiro atoms. The van der Waals surface area contributed by atoms with Crippen molar-refractivity contribution in [2.24, 2.45) is 0 Å². The van der Waals surface area contributed by atoms with E-state index in [9.17, 15) is 0 Å². The molecule has 0 saturated heterocycles. The molecule has 9 heteroatoms. The monoisotopic (exact) mass is 424 g/mol. The molecule has 0 heterocycles. The summed E-state index contributed by atoms with van der Waals surface area (Å²) in [5, 5.41) is 0. The van der Waals surface area contributed by atoms with Gasteiger partial charge >= 0.3 is 35.6 Å². The van der Waals surface area contributed by atoms with Crippen LogP contribution in [-0.4, -0.2) is 0 Å². The van der Waals surface area contributed by atoms with E-state index in [0.717, 1.165) is 0 Å². The summed E-state index contributed by atoms with van der Waals surface area (Å²) >= 11 is 0. The normalized spacial score (nSPS) is 0. The summed E-state index contributed by atoms with van der Waals surface area (Å²) < 4.78 is 0. The first kappa shape index (κ1) is 134. The zero-order valence-corrected chi connectivity index (χ0v) is 13.7. The number of hydrogen-bond donors (Lipinski definition) is 0. The molecule has 0 nitrogen and oxygen atoms in total. The van der Waals surface area contributed by atoms with Crippen LogP contribution in [0.3, 0.4) is 0 Å². The molecule has 0 N–H and O–H groups in total. The smallest absolute Gasteiger partial charge is 1.00 e. The first-order valence-electron chi connectivity index (χ1n) is 0. The van der Waals surface area contributed by atoms with Gasteiger partial charge in [-0.3, -0.25) is 0 Å². The standard InChI is InChI=1S/8ClH.La/h8*1H;/q;;;;;;;;+3/p-3. The van der Waals surface area contributed by atoms with Gasteiger partial charge in [-0.25, -0.2) is 0 Å². The quantitative estimate of drug-likeness (QED) is 0.361. The minimum atomic E-state index is 0.